The quantitative estimate of drug-likeness (QED) is 0.431. The van der Waals surface area contributed by atoms with Crippen molar-refractivity contribution in [1.82, 2.24) is 29.7 Å². The van der Waals surface area contributed by atoms with Crippen molar-refractivity contribution in [3.05, 3.63) is 65.2 Å². The Morgan fingerprint density at radius 3 is 2.89 bits per heavy atom. The number of fused-ring (bicyclic) bond motifs is 1. The average molecular weight is 475 g/mol. The fraction of sp³-hybridized carbons (Fsp3) is 0.292. The van der Waals surface area contributed by atoms with Gasteiger partial charge in [0.25, 0.3) is 5.91 Å². The molecular weight excluding hydrogens is 453 g/mol. The average Bonchev–Trinajstić information content (AvgIpc) is 3.61. The molecule has 1 atom stereocenters. The summed E-state index contributed by atoms with van der Waals surface area (Å²) in [7, 11) is 3.31. The van der Waals surface area contributed by atoms with Gasteiger partial charge in [0.15, 0.2) is 5.65 Å². The fourth-order valence-corrected chi connectivity index (χ4v) is 4.05. The van der Waals surface area contributed by atoms with Crippen molar-refractivity contribution in [3.63, 3.8) is 0 Å². The zero-order valence-electron chi connectivity index (χ0n) is 19.2. The minimum atomic E-state index is -0.597. The molecule has 0 unspecified atom stereocenters. The molecule has 11 heteroatoms. The lowest BCUT2D eigenvalue weighted by atomic mass is 10.0. The molecule has 0 bridgehead atoms. The molecule has 0 aliphatic carbocycles. The second kappa shape index (κ2) is 9.15. The summed E-state index contributed by atoms with van der Waals surface area (Å²) in [6.07, 6.45) is 5.61. The van der Waals surface area contributed by atoms with E-state index in [9.17, 15) is 4.79 Å². The van der Waals surface area contributed by atoms with Crippen molar-refractivity contribution in [1.29, 1.82) is 0 Å². The number of carbonyl (C=O) groups excluding carboxylic acids is 1. The van der Waals surface area contributed by atoms with Gasteiger partial charge in [-0.05, 0) is 18.2 Å². The Balaban J connectivity index is 1.69. The Morgan fingerprint density at radius 1 is 1.34 bits per heavy atom. The van der Waals surface area contributed by atoms with Gasteiger partial charge < -0.3 is 19.6 Å². The fourth-order valence-electron chi connectivity index (χ4n) is 4.05. The number of aromatic nitrogens is 5. The van der Waals surface area contributed by atoms with Gasteiger partial charge in [-0.15, -0.1) is 5.10 Å². The lowest BCUT2D eigenvalue weighted by Gasteiger charge is -2.15. The van der Waals surface area contributed by atoms with Gasteiger partial charge in [0, 0.05) is 43.4 Å². The summed E-state index contributed by atoms with van der Waals surface area (Å²) in [5, 5.41) is 11.5. The highest BCUT2D eigenvalue weighted by Crippen LogP contribution is 2.34. The van der Waals surface area contributed by atoms with Crippen molar-refractivity contribution >= 4 is 11.6 Å². The SMILES string of the molecule is [C-]#[N+]Cc1cc(C(=O)NC)cc(-c2cnc3cc(-c4cnn(C)c4)c(O[C@H]4CCOC4)nn23)c1F. The zero-order chi connectivity index (χ0) is 24.5. The van der Waals surface area contributed by atoms with Gasteiger partial charge in [-0.25, -0.2) is 20.5 Å². The molecule has 178 valence electrons. The number of ether oxygens (including phenoxy) is 2. The molecule has 3 aromatic heterocycles. The van der Waals surface area contributed by atoms with Crippen LogP contribution in [0.15, 0.2) is 36.8 Å². The van der Waals surface area contributed by atoms with E-state index in [4.69, 9.17) is 16.0 Å². The molecular formula is C24H22FN7O3. The van der Waals surface area contributed by atoms with Crippen LogP contribution in [0.4, 0.5) is 4.39 Å². The van der Waals surface area contributed by atoms with E-state index >= 15 is 4.39 Å². The molecule has 5 rings (SSSR count). The van der Waals surface area contributed by atoms with E-state index in [1.807, 2.05) is 13.2 Å². The Labute approximate surface area is 200 Å². The Hall–Kier alpha value is -4.30. The smallest absolute Gasteiger partial charge is 0.251 e. The third kappa shape index (κ3) is 4.20. The van der Waals surface area contributed by atoms with Crippen LogP contribution < -0.4 is 10.1 Å². The van der Waals surface area contributed by atoms with Gasteiger partial charge in [0.05, 0.1) is 42.4 Å². The summed E-state index contributed by atoms with van der Waals surface area (Å²) in [6, 6.07) is 4.63. The molecule has 1 N–H and O–H groups in total. The molecule has 1 aliphatic rings. The van der Waals surface area contributed by atoms with Crippen LogP contribution in [0, 0.1) is 12.4 Å². The number of hydrogen-bond donors (Lipinski definition) is 1. The molecule has 0 radical (unpaired) electrons. The van der Waals surface area contributed by atoms with E-state index in [1.54, 1.807) is 16.9 Å². The lowest BCUT2D eigenvalue weighted by molar-refractivity contribution is 0.0963. The van der Waals surface area contributed by atoms with Gasteiger partial charge in [-0.3, -0.25) is 9.48 Å². The van der Waals surface area contributed by atoms with Crippen molar-refractivity contribution in [3.8, 4) is 28.3 Å². The number of carbonyl (C=O) groups is 1. The van der Waals surface area contributed by atoms with Gasteiger partial charge in [0.1, 0.15) is 11.9 Å². The predicted octanol–water partition coefficient (Wildman–Crippen LogP) is 2.88. The van der Waals surface area contributed by atoms with Crippen LogP contribution >= 0.6 is 0 Å². The molecule has 1 aromatic carbocycles. The zero-order valence-corrected chi connectivity index (χ0v) is 19.2. The number of nitrogens with zero attached hydrogens (tertiary/aromatic N) is 6. The first-order valence-electron chi connectivity index (χ1n) is 11.0. The highest BCUT2D eigenvalue weighted by atomic mass is 19.1. The summed E-state index contributed by atoms with van der Waals surface area (Å²) in [5.41, 5.74) is 2.77. The maximum atomic E-state index is 15.5. The molecule has 1 aliphatic heterocycles. The maximum absolute atomic E-state index is 15.5. The summed E-state index contributed by atoms with van der Waals surface area (Å²) in [6.45, 7) is 8.03. The summed E-state index contributed by atoms with van der Waals surface area (Å²) < 4.78 is 30.3. The van der Waals surface area contributed by atoms with Gasteiger partial charge in [0.2, 0.25) is 12.4 Å². The summed E-state index contributed by atoms with van der Waals surface area (Å²) >= 11 is 0. The van der Waals surface area contributed by atoms with Gasteiger partial charge in [-0.1, -0.05) is 0 Å². The Morgan fingerprint density at radius 2 is 2.20 bits per heavy atom. The molecule has 0 spiro atoms. The van der Waals surface area contributed by atoms with E-state index in [1.165, 1.54) is 29.9 Å². The number of halogens is 1. The van der Waals surface area contributed by atoms with E-state index in [-0.39, 0.29) is 35.2 Å². The highest BCUT2D eigenvalue weighted by molar-refractivity contribution is 5.95. The van der Waals surface area contributed by atoms with Crippen LogP contribution in [-0.2, 0) is 18.3 Å². The first kappa shape index (κ1) is 22.5. The standard InChI is InChI=1S/C24H22FN7O3/c1-26-9-15-6-14(23(33)27-2)7-19(22(15)25)20-11-28-21-8-18(16-10-29-31(3)12-16)24(30-32(20)21)35-17-4-5-34-13-17/h6-8,10-12,17H,4-5,9,13H2,2-3H3,(H,27,33)/t17-/m0/s1. The minimum Gasteiger partial charge on any atom is -0.470 e. The number of hydrogen-bond acceptors (Lipinski definition) is 6. The first-order chi connectivity index (χ1) is 17.0. The lowest BCUT2D eigenvalue weighted by Crippen LogP contribution is -2.19. The van der Waals surface area contributed by atoms with E-state index in [0.717, 1.165) is 12.0 Å². The van der Waals surface area contributed by atoms with Crippen LogP contribution in [-0.4, -0.2) is 56.7 Å². The van der Waals surface area contributed by atoms with Gasteiger partial charge >= 0.3 is 0 Å². The molecule has 4 aromatic rings. The molecule has 1 amide bonds. The second-order valence-corrected chi connectivity index (χ2v) is 8.18. The third-order valence-electron chi connectivity index (χ3n) is 5.80. The largest absolute Gasteiger partial charge is 0.470 e. The number of rotatable bonds is 6. The van der Waals surface area contributed by atoms with Crippen molar-refractivity contribution in [2.75, 3.05) is 20.3 Å². The summed E-state index contributed by atoms with van der Waals surface area (Å²) in [4.78, 5) is 20.1. The second-order valence-electron chi connectivity index (χ2n) is 8.18. The number of aryl methyl sites for hydroxylation is 1. The molecule has 1 fully saturated rings. The Kier molecular flexibility index (Phi) is 5.88. The van der Waals surface area contributed by atoms with E-state index in [0.29, 0.717) is 36.0 Å². The normalized spacial score (nSPS) is 15.3. The maximum Gasteiger partial charge on any atom is 0.251 e. The number of imidazole rings is 1. The van der Waals surface area contributed by atoms with Crippen LogP contribution in [0.3, 0.4) is 0 Å². The number of nitrogens with one attached hydrogen (secondary N) is 1. The van der Waals surface area contributed by atoms with Crippen LogP contribution in [0.2, 0.25) is 0 Å². The monoisotopic (exact) mass is 475 g/mol. The van der Waals surface area contributed by atoms with Crippen molar-refractivity contribution < 1.29 is 18.7 Å². The van der Waals surface area contributed by atoms with Crippen LogP contribution in [0.1, 0.15) is 22.3 Å². The number of amides is 1. The topological polar surface area (TPSA) is 99.9 Å². The van der Waals surface area contributed by atoms with Crippen molar-refractivity contribution in [2.45, 2.75) is 19.1 Å². The van der Waals surface area contributed by atoms with E-state index in [2.05, 4.69) is 25.3 Å². The van der Waals surface area contributed by atoms with E-state index < -0.39 is 5.82 Å². The highest BCUT2D eigenvalue weighted by Gasteiger charge is 2.24. The molecule has 35 heavy (non-hydrogen) atoms. The summed E-state index contributed by atoms with van der Waals surface area (Å²) in [5.74, 6) is -0.645. The predicted molar refractivity (Wildman–Crippen MR) is 124 cm³/mol. The number of benzene rings is 1. The molecule has 0 saturated carbocycles. The van der Waals surface area contributed by atoms with Crippen LogP contribution in [0.25, 0.3) is 32.9 Å². The first-order valence-corrected chi connectivity index (χ1v) is 11.0. The Bertz CT molecular complexity index is 1460. The van der Waals surface area contributed by atoms with Crippen molar-refractivity contribution in [2.24, 2.45) is 7.05 Å². The molecule has 4 heterocycles. The van der Waals surface area contributed by atoms with Crippen LogP contribution in [0.5, 0.6) is 5.88 Å². The molecule has 1 saturated heterocycles. The minimum absolute atomic E-state index is 0.119. The molecule has 10 nitrogen and oxygen atoms in total. The van der Waals surface area contributed by atoms with Gasteiger partial charge in [-0.2, -0.15) is 5.10 Å². The third-order valence-corrected chi connectivity index (χ3v) is 5.80.